The SMILES string of the molecule is CN=C(NCC1CC(=O)Nc2ccccc21)NCC(OC)c1ccccc1. The van der Waals surface area contributed by atoms with Crippen LogP contribution in [-0.4, -0.2) is 39.1 Å². The van der Waals surface area contributed by atoms with Crippen LogP contribution in [0.2, 0.25) is 0 Å². The maximum Gasteiger partial charge on any atom is 0.225 e. The third kappa shape index (κ3) is 4.86. The number of guanidine groups is 1. The molecule has 27 heavy (non-hydrogen) atoms. The number of hydrogen-bond acceptors (Lipinski definition) is 3. The minimum absolute atomic E-state index is 0.0481. The van der Waals surface area contributed by atoms with Gasteiger partial charge in [0.25, 0.3) is 0 Å². The van der Waals surface area contributed by atoms with Crippen LogP contribution >= 0.6 is 0 Å². The lowest BCUT2D eigenvalue weighted by atomic mass is 9.90. The summed E-state index contributed by atoms with van der Waals surface area (Å²) in [6, 6.07) is 18.0. The van der Waals surface area contributed by atoms with Crippen molar-refractivity contribution in [1.82, 2.24) is 10.6 Å². The van der Waals surface area contributed by atoms with Gasteiger partial charge >= 0.3 is 0 Å². The van der Waals surface area contributed by atoms with E-state index in [1.165, 1.54) is 0 Å². The van der Waals surface area contributed by atoms with Crippen molar-refractivity contribution in [1.29, 1.82) is 0 Å². The van der Waals surface area contributed by atoms with Gasteiger partial charge in [0.2, 0.25) is 5.91 Å². The Morgan fingerprint density at radius 1 is 1.19 bits per heavy atom. The third-order valence-electron chi connectivity index (χ3n) is 4.76. The van der Waals surface area contributed by atoms with Gasteiger partial charge in [-0.3, -0.25) is 9.79 Å². The zero-order valence-electron chi connectivity index (χ0n) is 15.7. The van der Waals surface area contributed by atoms with Crippen LogP contribution in [0.1, 0.15) is 29.6 Å². The van der Waals surface area contributed by atoms with Crippen molar-refractivity contribution in [2.45, 2.75) is 18.4 Å². The van der Waals surface area contributed by atoms with Crippen molar-refractivity contribution < 1.29 is 9.53 Å². The van der Waals surface area contributed by atoms with Crippen LogP contribution in [0.3, 0.4) is 0 Å². The Hall–Kier alpha value is -2.86. The first-order valence-electron chi connectivity index (χ1n) is 9.12. The summed E-state index contributed by atoms with van der Waals surface area (Å²) < 4.78 is 5.59. The van der Waals surface area contributed by atoms with Crippen LogP contribution in [0, 0.1) is 0 Å². The molecule has 6 nitrogen and oxygen atoms in total. The average Bonchev–Trinajstić information content (AvgIpc) is 2.71. The minimum atomic E-state index is -0.0639. The van der Waals surface area contributed by atoms with Crippen molar-refractivity contribution >= 4 is 17.6 Å². The molecule has 0 aromatic heterocycles. The van der Waals surface area contributed by atoms with Gasteiger partial charge in [0.1, 0.15) is 0 Å². The highest BCUT2D eigenvalue weighted by molar-refractivity contribution is 5.94. The van der Waals surface area contributed by atoms with Crippen LogP contribution in [0.5, 0.6) is 0 Å². The smallest absolute Gasteiger partial charge is 0.225 e. The fourth-order valence-corrected chi connectivity index (χ4v) is 3.32. The van der Waals surface area contributed by atoms with E-state index in [0.29, 0.717) is 25.5 Å². The maximum absolute atomic E-state index is 12.0. The summed E-state index contributed by atoms with van der Waals surface area (Å²) in [4.78, 5) is 16.2. The minimum Gasteiger partial charge on any atom is -0.375 e. The standard InChI is InChI=1S/C21H26N4O2/c1-22-21(24-14-19(27-2)15-8-4-3-5-9-15)23-13-16-12-20(26)25-18-11-7-6-10-17(16)18/h3-11,16,19H,12-14H2,1-2H3,(H,25,26)(H2,22,23,24). The zero-order valence-corrected chi connectivity index (χ0v) is 15.7. The first kappa shape index (κ1) is 18.9. The number of carbonyl (C=O) groups is 1. The molecule has 0 spiro atoms. The summed E-state index contributed by atoms with van der Waals surface area (Å²) >= 11 is 0. The molecule has 1 amide bonds. The van der Waals surface area contributed by atoms with Gasteiger partial charge in [0.05, 0.1) is 6.10 Å². The third-order valence-corrected chi connectivity index (χ3v) is 4.76. The zero-order chi connectivity index (χ0) is 19.1. The molecule has 2 aromatic carbocycles. The van der Waals surface area contributed by atoms with Gasteiger partial charge in [0, 0.05) is 45.3 Å². The molecule has 1 heterocycles. The fourth-order valence-electron chi connectivity index (χ4n) is 3.32. The molecule has 2 aromatic rings. The first-order chi connectivity index (χ1) is 13.2. The van der Waals surface area contributed by atoms with E-state index < -0.39 is 0 Å². The Bertz CT molecular complexity index is 792. The number of aliphatic imine (C=N–C) groups is 1. The van der Waals surface area contributed by atoms with Crippen LogP contribution in [-0.2, 0) is 9.53 Å². The van der Waals surface area contributed by atoms with Crippen molar-refractivity contribution in [3.05, 3.63) is 65.7 Å². The number of para-hydroxylation sites is 1. The second-order valence-corrected chi connectivity index (χ2v) is 6.51. The summed E-state index contributed by atoms with van der Waals surface area (Å²) in [6.45, 7) is 1.23. The van der Waals surface area contributed by atoms with E-state index in [1.807, 2.05) is 48.5 Å². The molecule has 0 saturated carbocycles. The van der Waals surface area contributed by atoms with E-state index >= 15 is 0 Å². The Morgan fingerprint density at radius 3 is 2.67 bits per heavy atom. The fraction of sp³-hybridized carbons (Fsp3) is 0.333. The molecule has 2 atom stereocenters. The number of methoxy groups -OCH3 is 1. The van der Waals surface area contributed by atoms with Crippen molar-refractivity contribution in [3.63, 3.8) is 0 Å². The molecule has 1 aliphatic heterocycles. The number of carbonyl (C=O) groups excluding carboxylic acids is 1. The number of nitrogens with zero attached hydrogens (tertiary/aromatic N) is 1. The van der Waals surface area contributed by atoms with Gasteiger partial charge < -0.3 is 20.7 Å². The van der Waals surface area contributed by atoms with E-state index in [9.17, 15) is 4.79 Å². The van der Waals surface area contributed by atoms with Crippen LogP contribution in [0.4, 0.5) is 5.69 Å². The maximum atomic E-state index is 12.0. The van der Waals surface area contributed by atoms with Crippen molar-refractivity contribution in [2.24, 2.45) is 4.99 Å². The Labute approximate surface area is 160 Å². The highest BCUT2D eigenvalue weighted by Crippen LogP contribution is 2.31. The summed E-state index contributed by atoms with van der Waals surface area (Å²) in [5.41, 5.74) is 3.16. The quantitative estimate of drug-likeness (QED) is 0.543. The number of fused-ring (bicyclic) bond motifs is 1. The average molecular weight is 366 g/mol. The lowest BCUT2D eigenvalue weighted by Gasteiger charge is -2.26. The summed E-state index contributed by atoms with van der Waals surface area (Å²) in [5.74, 6) is 0.851. The molecule has 3 N–H and O–H groups in total. The number of anilines is 1. The second-order valence-electron chi connectivity index (χ2n) is 6.51. The lowest BCUT2D eigenvalue weighted by Crippen LogP contribution is -2.42. The Morgan fingerprint density at radius 2 is 1.93 bits per heavy atom. The summed E-state index contributed by atoms with van der Waals surface area (Å²) in [5, 5.41) is 9.57. The first-order valence-corrected chi connectivity index (χ1v) is 9.12. The predicted molar refractivity (Wildman–Crippen MR) is 108 cm³/mol. The van der Waals surface area contributed by atoms with Gasteiger partial charge in [-0.15, -0.1) is 0 Å². The number of nitrogens with one attached hydrogen (secondary N) is 3. The van der Waals surface area contributed by atoms with Gasteiger partial charge in [0.15, 0.2) is 5.96 Å². The monoisotopic (exact) mass is 366 g/mol. The van der Waals surface area contributed by atoms with Gasteiger partial charge in [-0.1, -0.05) is 48.5 Å². The molecular weight excluding hydrogens is 340 g/mol. The molecule has 1 aliphatic rings. The molecule has 6 heteroatoms. The predicted octanol–water partition coefficient (Wildman–Crippen LogP) is 2.67. The second kappa shape index (κ2) is 9.19. The lowest BCUT2D eigenvalue weighted by molar-refractivity contribution is -0.116. The number of benzene rings is 2. The highest BCUT2D eigenvalue weighted by atomic mass is 16.5. The van der Waals surface area contributed by atoms with Gasteiger partial charge in [-0.2, -0.15) is 0 Å². The van der Waals surface area contributed by atoms with E-state index in [0.717, 1.165) is 16.8 Å². The van der Waals surface area contributed by atoms with Gasteiger partial charge in [-0.25, -0.2) is 0 Å². The number of amides is 1. The molecule has 0 saturated heterocycles. The normalized spacial score (nSPS) is 17.6. The molecule has 0 fully saturated rings. The molecule has 0 aliphatic carbocycles. The van der Waals surface area contributed by atoms with Crippen molar-refractivity contribution in [2.75, 3.05) is 32.6 Å². The molecule has 0 bridgehead atoms. The summed E-state index contributed by atoms with van der Waals surface area (Å²) in [6.07, 6.45) is 0.400. The largest absolute Gasteiger partial charge is 0.375 e. The van der Waals surface area contributed by atoms with E-state index in [2.05, 4.69) is 27.0 Å². The van der Waals surface area contributed by atoms with Crippen molar-refractivity contribution in [3.8, 4) is 0 Å². The summed E-state index contributed by atoms with van der Waals surface area (Å²) in [7, 11) is 3.44. The Kier molecular flexibility index (Phi) is 6.44. The molecular formula is C21H26N4O2. The molecule has 0 radical (unpaired) electrons. The molecule has 142 valence electrons. The van der Waals surface area contributed by atoms with Crippen LogP contribution in [0.25, 0.3) is 0 Å². The van der Waals surface area contributed by atoms with Crippen LogP contribution in [0.15, 0.2) is 59.6 Å². The van der Waals surface area contributed by atoms with Crippen LogP contribution < -0.4 is 16.0 Å². The van der Waals surface area contributed by atoms with Gasteiger partial charge in [-0.05, 0) is 17.2 Å². The number of ether oxygens (including phenoxy) is 1. The van der Waals surface area contributed by atoms with E-state index in [-0.39, 0.29) is 17.9 Å². The molecule has 3 rings (SSSR count). The van der Waals surface area contributed by atoms with E-state index in [4.69, 9.17) is 4.74 Å². The number of rotatable bonds is 6. The molecule has 2 unspecified atom stereocenters. The highest BCUT2D eigenvalue weighted by Gasteiger charge is 2.24. The van der Waals surface area contributed by atoms with E-state index in [1.54, 1.807) is 14.2 Å². The Balaban J connectivity index is 1.58. The topological polar surface area (TPSA) is 74.8 Å². The number of hydrogen-bond donors (Lipinski definition) is 3.